The smallest absolute Gasteiger partial charge is 0.261 e. The first-order valence-corrected chi connectivity index (χ1v) is 5.94. The van der Waals surface area contributed by atoms with Crippen LogP contribution in [0.5, 0.6) is 0 Å². The molecule has 1 rings (SSSR count). The lowest BCUT2D eigenvalue weighted by Crippen LogP contribution is -2.48. The first-order chi connectivity index (χ1) is 8.08. The number of halogens is 2. The van der Waals surface area contributed by atoms with E-state index in [1.165, 1.54) is 0 Å². The van der Waals surface area contributed by atoms with E-state index in [0.717, 1.165) is 19.5 Å². The largest absolute Gasteiger partial charge is 0.375 e. The maximum atomic E-state index is 11.7. The fraction of sp³-hybridized carbons (Fsp3) is 0.909. The van der Waals surface area contributed by atoms with E-state index in [-0.39, 0.29) is 25.0 Å². The zero-order chi connectivity index (χ0) is 12.7. The Kier molecular flexibility index (Phi) is 6.36. The van der Waals surface area contributed by atoms with Gasteiger partial charge in [0, 0.05) is 19.0 Å². The van der Waals surface area contributed by atoms with Crippen molar-refractivity contribution in [2.45, 2.75) is 32.2 Å². The minimum atomic E-state index is -2.47. The third-order valence-corrected chi connectivity index (χ3v) is 2.65. The minimum absolute atomic E-state index is 0.0475. The van der Waals surface area contributed by atoms with Gasteiger partial charge in [0.1, 0.15) is 6.61 Å². The van der Waals surface area contributed by atoms with E-state index >= 15 is 0 Å². The Labute approximate surface area is 100 Å². The highest BCUT2D eigenvalue weighted by Crippen LogP contribution is 2.09. The molecule has 0 saturated carbocycles. The predicted octanol–water partition coefficient (Wildman–Crippen LogP) is 0.772. The molecule has 1 heterocycles. The summed E-state index contributed by atoms with van der Waals surface area (Å²) in [4.78, 5) is 11.5. The summed E-state index contributed by atoms with van der Waals surface area (Å²) in [6, 6.07) is 0.140. The van der Waals surface area contributed by atoms with Crippen LogP contribution in [0.1, 0.15) is 19.8 Å². The zero-order valence-corrected chi connectivity index (χ0v) is 10.0. The molecule has 0 spiro atoms. The maximum Gasteiger partial charge on any atom is 0.261 e. The van der Waals surface area contributed by atoms with Crippen LogP contribution in [0.2, 0.25) is 0 Å². The van der Waals surface area contributed by atoms with Crippen LogP contribution < -0.4 is 10.6 Å². The van der Waals surface area contributed by atoms with Crippen molar-refractivity contribution in [2.24, 2.45) is 5.92 Å². The van der Waals surface area contributed by atoms with Crippen LogP contribution in [0.25, 0.3) is 0 Å². The molecule has 1 saturated heterocycles. The summed E-state index contributed by atoms with van der Waals surface area (Å²) in [7, 11) is 0. The van der Waals surface area contributed by atoms with Gasteiger partial charge in [0.2, 0.25) is 5.91 Å². The minimum Gasteiger partial charge on any atom is -0.375 e. The number of amides is 1. The molecule has 0 aromatic carbocycles. The van der Waals surface area contributed by atoms with Crippen LogP contribution in [0.3, 0.4) is 0 Å². The van der Waals surface area contributed by atoms with E-state index in [2.05, 4.69) is 22.3 Å². The summed E-state index contributed by atoms with van der Waals surface area (Å²) in [5, 5.41) is 6.10. The molecule has 0 radical (unpaired) electrons. The number of carbonyl (C=O) groups is 1. The van der Waals surface area contributed by atoms with E-state index in [1.54, 1.807) is 0 Å². The fourth-order valence-electron chi connectivity index (χ4n) is 1.90. The molecule has 100 valence electrons. The van der Waals surface area contributed by atoms with Crippen LogP contribution in [-0.2, 0) is 9.53 Å². The number of piperidine rings is 1. The van der Waals surface area contributed by atoms with Gasteiger partial charge in [-0.25, -0.2) is 8.78 Å². The number of alkyl halides is 2. The summed E-state index contributed by atoms with van der Waals surface area (Å²) >= 11 is 0. The highest BCUT2D eigenvalue weighted by molar-refractivity contribution is 5.76. The van der Waals surface area contributed by atoms with Gasteiger partial charge in [0.15, 0.2) is 0 Å². The number of carbonyl (C=O) groups excluding carboxylic acids is 1. The second kappa shape index (κ2) is 7.55. The monoisotopic (exact) mass is 250 g/mol. The van der Waals surface area contributed by atoms with Crippen molar-refractivity contribution < 1.29 is 18.3 Å². The van der Waals surface area contributed by atoms with Gasteiger partial charge in [-0.2, -0.15) is 0 Å². The number of nitrogens with one attached hydrogen (secondary N) is 2. The van der Waals surface area contributed by atoms with Crippen molar-refractivity contribution in [2.75, 3.05) is 26.3 Å². The molecular weight excluding hydrogens is 230 g/mol. The van der Waals surface area contributed by atoms with Gasteiger partial charge in [-0.3, -0.25) is 4.79 Å². The molecule has 2 unspecified atom stereocenters. The van der Waals surface area contributed by atoms with Gasteiger partial charge in [-0.1, -0.05) is 6.92 Å². The first-order valence-electron chi connectivity index (χ1n) is 5.94. The Bertz CT molecular complexity index is 240. The van der Waals surface area contributed by atoms with Gasteiger partial charge in [0.05, 0.1) is 6.61 Å². The first kappa shape index (κ1) is 14.3. The predicted molar refractivity (Wildman–Crippen MR) is 60.0 cm³/mol. The average molecular weight is 250 g/mol. The van der Waals surface area contributed by atoms with Crippen molar-refractivity contribution in [3.8, 4) is 0 Å². The van der Waals surface area contributed by atoms with Gasteiger partial charge >= 0.3 is 0 Å². The molecule has 1 fully saturated rings. The third kappa shape index (κ3) is 6.53. The Balaban J connectivity index is 2.07. The number of hydrogen-bond donors (Lipinski definition) is 2. The van der Waals surface area contributed by atoms with Crippen LogP contribution in [-0.4, -0.2) is 44.7 Å². The fourth-order valence-corrected chi connectivity index (χ4v) is 1.90. The van der Waals surface area contributed by atoms with Crippen molar-refractivity contribution in [3.63, 3.8) is 0 Å². The maximum absolute atomic E-state index is 11.7. The molecule has 0 aliphatic carbocycles. The molecule has 4 nitrogen and oxygen atoms in total. The van der Waals surface area contributed by atoms with Crippen molar-refractivity contribution >= 4 is 5.91 Å². The lowest BCUT2D eigenvalue weighted by molar-refractivity contribution is -0.123. The standard InChI is InChI=1S/C11H20F2N2O2/c1-8-4-9(6-14-5-8)15-11(16)2-3-17-7-10(12)13/h8-10,14H,2-7H2,1H3,(H,15,16). The molecule has 1 aliphatic rings. The summed E-state index contributed by atoms with van der Waals surface area (Å²) in [6.45, 7) is 3.32. The van der Waals surface area contributed by atoms with Crippen LogP contribution in [0.4, 0.5) is 8.78 Å². The SMILES string of the molecule is CC1CNCC(NC(=O)CCOCC(F)F)C1. The topological polar surface area (TPSA) is 50.4 Å². The molecule has 17 heavy (non-hydrogen) atoms. The summed E-state index contributed by atoms with van der Waals surface area (Å²) in [5.74, 6) is 0.407. The molecule has 2 N–H and O–H groups in total. The van der Waals surface area contributed by atoms with Gasteiger partial charge < -0.3 is 15.4 Å². The molecule has 0 aromatic rings. The van der Waals surface area contributed by atoms with Gasteiger partial charge in [0.25, 0.3) is 6.43 Å². The summed E-state index contributed by atoms with van der Waals surface area (Å²) in [5.41, 5.74) is 0. The van der Waals surface area contributed by atoms with Crippen molar-refractivity contribution in [1.82, 2.24) is 10.6 Å². The Morgan fingerprint density at radius 1 is 1.53 bits per heavy atom. The second-order valence-electron chi connectivity index (χ2n) is 4.48. The quantitative estimate of drug-likeness (QED) is 0.685. The summed E-state index contributed by atoms with van der Waals surface area (Å²) in [6.07, 6.45) is -1.38. The Morgan fingerprint density at radius 3 is 2.94 bits per heavy atom. The highest BCUT2D eigenvalue weighted by atomic mass is 19.3. The average Bonchev–Trinajstić information content (AvgIpc) is 2.24. The molecule has 0 aromatic heterocycles. The molecule has 1 aliphatic heterocycles. The molecule has 6 heteroatoms. The van der Waals surface area contributed by atoms with E-state index in [1.807, 2.05) is 0 Å². The van der Waals surface area contributed by atoms with Crippen LogP contribution in [0, 0.1) is 5.92 Å². The van der Waals surface area contributed by atoms with Gasteiger partial charge in [-0.05, 0) is 18.9 Å². The summed E-state index contributed by atoms with van der Waals surface area (Å²) < 4.78 is 28.1. The molecule has 2 atom stereocenters. The van der Waals surface area contributed by atoms with Crippen LogP contribution >= 0.6 is 0 Å². The number of ether oxygens (including phenoxy) is 1. The second-order valence-corrected chi connectivity index (χ2v) is 4.48. The van der Waals surface area contributed by atoms with Crippen molar-refractivity contribution in [3.05, 3.63) is 0 Å². The lowest BCUT2D eigenvalue weighted by Gasteiger charge is -2.28. The van der Waals surface area contributed by atoms with Crippen LogP contribution in [0.15, 0.2) is 0 Å². The highest BCUT2D eigenvalue weighted by Gasteiger charge is 2.19. The molecular formula is C11H20F2N2O2. The van der Waals surface area contributed by atoms with Gasteiger partial charge in [-0.15, -0.1) is 0 Å². The third-order valence-electron chi connectivity index (χ3n) is 2.65. The molecule has 1 amide bonds. The number of hydrogen-bond acceptors (Lipinski definition) is 3. The van der Waals surface area contributed by atoms with Crippen molar-refractivity contribution in [1.29, 1.82) is 0 Å². The molecule has 0 bridgehead atoms. The van der Waals surface area contributed by atoms with E-state index in [0.29, 0.717) is 5.92 Å². The zero-order valence-electron chi connectivity index (χ0n) is 10.0. The van der Waals surface area contributed by atoms with E-state index in [4.69, 9.17) is 0 Å². The Morgan fingerprint density at radius 2 is 2.29 bits per heavy atom. The van der Waals surface area contributed by atoms with E-state index < -0.39 is 13.0 Å². The Hall–Kier alpha value is -0.750. The van der Waals surface area contributed by atoms with E-state index in [9.17, 15) is 13.6 Å². The normalized spacial score (nSPS) is 24.9. The number of rotatable bonds is 6. The lowest BCUT2D eigenvalue weighted by atomic mass is 9.98.